The van der Waals surface area contributed by atoms with Crippen LogP contribution in [0.15, 0.2) is 18.3 Å². The quantitative estimate of drug-likeness (QED) is 0.587. The lowest BCUT2D eigenvalue weighted by Gasteiger charge is -2.32. The fraction of sp³-hybridized carbons (Fsp3) is 0.421. The molecule has 1 aliphatic heterocycles. The Hall–Kier alpha value is -2.99. The van der Waals surface area contributed by atoms with Crippen LogP contribution in [0.2, 0.25) is 0 Å². The summed E-state index contributed by atoms with van der Waals surface area (Å²) in [4.78, 5) is 21.2. The van der Waals surface area contributed by atoms with Crippen molar-refractivity contribution in [2.24, 2.45) is 0 Å². The van der Waals surface area contributed by atoms with E-state index in [0.29, 0.717) is 25.9 Å². The van der Waals surface area contributed by atoms with Crippen LogP contribution in [0, 0.1) is 5.82 Å². The Labute approximate surface area is 179 Å². The number of nitrogens with zero attached hydrogens (tertiary/aromatic N) is 3. The number of carbonyl (C=O) groups excluding carboxylic acids is 1. The van der Waals surface area contributed by atoms with Gasteiger partial charge in [-0.1, -0.05) is 0 Å². The Balaban J connectivity index is 2.00. The van der Waals surface area contributed by atoms with E-state index in [1.165, 1.54) is 20.3 Å². The third kappa shape index (κ3) is 4.69. The predicted molar refractivity (Wildman–Crippen MR) is 113 cm³/mol. The number of aromatic nitrogens is 2. The molecule has 0 spiro atoms. The summed E-state index contributed by atoms with van der Waals surface area (Å²) in [7, 11) is -1.07. The van der Waals surface area contributed by atoms with Gasteiger partial charge in [-0.15, -0.1) is 0 Å². The summed E-state index contributed by atoms with van der Waals surface area (Å²) in [6, 6.07) is 1.90. The maximum atomic E-state index is 14.2. The number of benzene rings is 1. The lowest BCUT2D eigenvalue weighted by molar-refractivity contribution is 0.103. The van der Waals surface area contributed by atoms with Gasteiger partial charge in [0.25, 0.3) is 0 Å². The van der Waals surface area contributed by atoms with Gasteiger partial charge in [0.15, 0.2) is 11.6 Å². The van der Waals surface area contributed by atoms with Crippen molar-refractivity contribution in [1.29, 1.82) is 0 Å². The first-order valence-electron chi connectivity index (χ1n) is 9.46. The van der Waals surface area contributed by atoms with Crippen molar-refractivity contribution in [3.63, 3.8) is 0 Å². The molecule has 1 aromatic carbocycles. The van der Waals surface area contributed by atoms with E-state index in [0.717, 1.165) is 22.8 Å². The molecule has 10 nitrogen and oxygen atoms in total. The monoisotopic (exact) mass is 453 g/mol. The van der Waals surface area contributed by atoms with Crippen LogP contribution in [0.25, 0.3) is 0 Å². The number of sulfonamides is 1. The SMILES string of the molecule is COc1cc(OC)c(C(=O)c2cnc(N(C3CCNCC3)S(C)(=O)=O)nc2N)cc1F. The molecule has 1 fully saturated rings. The molecule has 3 rings (SSSR count). The number of ether oxygens (including phenoxy) is 2. The molecule has 1 saturated heterocycles. The highest BCUT2D eigenvalue weighted by Crippen LogP contribution is 2.31. The fourth-order valence-corrected chi connectivity index (χ4v) is 4.61. The van der Waals surface area contributed by atoms with Gasteiger partial charge < -0.3 is 20.5 Å². The summed E-state index contributed by atoms with van der Waals surface area (Å²) in [6.07, 6.45) is 3.37. The Morgan fingerprint density at radius 3 is 2.39 bits per heavy atom. The molecule has 0 aliphatic carbocycles. The molecule has 2 aromatic rings. The number of piperidine rings is 1. The summed E-state index contributed by atoms with van der Waals surface area (Å²) in [5.74, 6) is -1.77. The van der Waals surface area contributed by atoms with Crippen LogP contribution < -0.4 is 24.8 Å². The molecule has 1 aromatic heterocycles. The molecule has 0 amide bonds. The van der Waals surface area contributed by atoms with Crippen LogP contribution in [0.3, 0.4) is 0 Å². The van der Waals surface area contributed by atoms with Crippen LogP contribution in [0.4, 0.5) is 16.2 Å². The highest BCUT2D eigenvalue weighted by molar-refractivity contribution is 7.92. The number of halogens is 1. The van der Waals surface area contributed by atoms with E-state index in [2.05, 4.69) is 15.3 Å². The number of nitrogens with one attached hydrogen (secondary N) is 1. The van der Waals surface area contributed by atoms with Crippen LogP contribution in [0.5, 0.6) is 11.5 Å². The number of carbonyl (C=O) groups is 1. The van der Waals surface area contributed by atoms with Gasteiger partial charge in [0, 0.05) is 12.3 Å². The minimum absolute atomic E-state index is 0.0826. The maximum absolute atomic E-state index is 14.2. The zero-order valence-corrected chi connectivity index (χ0v) is 18.2. The normalized spacial score (nSPS) is 14.8. The zero-order chi connectivity index (χ0) is 22.8. The fourth-order valence-electron chi connectivity index (χ4n) is 3.47. The van der Waals surface area contributed by atoms with Gasteiger partial charge in [0.1, 0.15) is 11.6 Å². The smallest absolute Gasteiger partial charge is 0.241 e. The summed E-state index contributed by atoms with van der Waals surface area (Å²) in [6.45, 7) is 1.32. The maximum Gasteiger partial charge on any atom is 0.241 e. The average Bonchev–Trinajstić information content (AvgIpc) is 2.73. The summed E-state index contributed by atoms with van der Waals surface area (Å²) >= 11 is 0. The number of ketones is 1. The molecule has 2 heterocycles. The first kappa shape index (κ1) is 22.7. The van der Waals surface area contributed by atoms with E-state index in [1.54, 1.807) is 0 Å². The Morgan fingerprint density at radius 2 is 1.84 bits per heavy atom. The Bertz CT molecular complexity index is 1090. The lowest BCUT2D eigenvalue weighted by Crippen LogP contribution is -2.46. The average molecular weight is 453 g/mol. The van der Waals surface area contributed by atoms with Crippen LogP contribution >= 0.6 is 0 Å². The van der Waals surface area contributed by atoms with Crippen molar-refractivity contribution in [1.82, 2.24) is 15.3 Å². The van der Waals surface area contributed by atoms with Crippen molar-refractivity contribution >= 4 is 27.6 Å². The van der Waals surface area contributed by atoms with E-state index in [4.69, 9.17) is 15.2 Å². The molecule has 3 N–H and O–H groups in total. The highest BCUT2D eigenvalue weighted by Gasteiger charge is 2.31. The molecule has 0 bridgehead atoms. The molecular weight excluding hydrogens is 429 g/mol. The topological polar surface area (TPSA) is 137 Å². The van der Waals surface area contributed by atoms with Crippen molar-refractivity contribution in [3.05, 3.63) is 35.3 Å². The molecule has 12 heteroatoms. The van der Waals surface area contributed by atoms with E-state index in [9.17, 15) is 17.6 Å². The van der Waals surface area contributed by atoms with E-state index in [-0.39, 0.29) is 40.4 Å². The van der Waals surface area contributed by atoms with Crippen molar-refractivity contribution in [2.75, 3.05) is 43.6 Å². The number of nitrogens with two attached hydrogens (primary N) is 1. The lowest BCUT2D eigenvalue weighted by atomic mass is 10.0. The van der Waals surface area contributed by atoms with Gasteiger partial charge in [0.05, 0.1) is 37.6 Å². The number of methoxy groups -OCH3 is 2. The number of rotatable bonds is 7. The van der Waals surface area contributed by atoms with Crippen molar-refractivity contribution < 1.29 is 27.1 Å². The molecule has 168 valence electrons. The van der Waals surface area contributed by atoms with E-state index < -0.39 is 21.6 Å². The summed E-state index contributed by atoms with van der Waals surface area (Å²) in [5.41, 5.74) is 5.79. The van der Waals surface area contributed by atoms with Gasteiger partial charge in [-0.2, -0.15) is 4.98 Å². The summed E-state index contributed by atoms with van der Waals surface area (Å²) in [5, 5.41) is 3.17. The molecular formula is C19H24FN5O5S. The predicted octanol–water partition coefficient (Wildman–Crippen LogP) is 0.964. The van der Waals surface area contributed by atoms with Crippen LogP contribution in [0.1, 0.15) is 28.8 Å². The molecule has 1 aliphatic rings. The van der Waals surface area contributed by atoms with Gasteiger partial charge in [-0.05, 0) is 32.0 Å². The molecule has 0 unspecified atom stereocenters. The standard InChI is InChI=1S/C19H24FN5O5S/c1-29-15-9-16(30-2)14(20)8-12(15)17(26)13-10-23-19(24-18(13)21)25(31(3,27)28)11-4-6-22-7-5-11/h8-11,22H,4-7H2,1-3H3,(H2,21,23,24). The zero-order valence-electron chi connectivity index (χ0n) is 17.4. The number of anilines is 2. The van der Waals surface area contributed by atoms with Gasteiger partial charge in [0.2, 0.25) is 21.8 Å². The highest BCUT2D eigenvalue weighted by atomic mass is 32.2. The third-order valence-electron chi connectivity index (χ3n) is 4.96. The van der Waals surface area contributed by atoms with Crippen LogP contribution in [-0.2, 0) is 10.0 Å². The van der Waals surface area contributed by atoms with E-state index >= 15 is 0 Å². The second kappa shape index (κ2) is 9.02. The minimum Gasteiger partial charge on any atom is -0.496 e. The van der Waals surface area contributed by atoms with Crippen molar-refractivity contribution in [2.45, 2.75) is 18.9 Å². The number of hydrogen-bond donors (Lipinski definition) is 2. The van der Waals surface area contributed by atoms with Gasteiger partial charge in [-0.3, -0.25) is 4.79 Å². The first-order valence-corrected chi connectivity index (χ1v) is 11.3. The molecule has 0 saturated carbocycles. The number of nitrogen functional groups attached to an aromatic ring is 1. The Morgan fingerprint density at radius 1 is 1.19 bits per heavy atom. The van der Waals surface area contributed by atoms with Crippen molar-refractivity contribution in [3.8, 4) is 11.5 Å². The van der Waals surface area contributed by atoms with Gasteiger partial charge >= 0.3 is 0 Å². The largest absolute Gasteiger partial charge is 0.496 e. The summed E-state index contributed by atoms with van der Waals surface area (Å²) < 4.78 is 50.2. The molecule has 0 radical (unpaired) electrons. The molecule has 31 heavy (non-hydrogen) atoms. The number of hydrogen-bond acceptors (Lipinski definition) is 9. The first-order chi connectivity index (χ1) is 14.7. The van der Waals surface area contributed by atoms with Gasteiger partial charge in [-0.25, -0.2) is 22.1 Å². The Kier molecular flexibility index (Phi) is 6.60. The molecule has 0 atom stereocenters. The van der Waals surface area contributed by atoms with E-state index in [1.807, 2.05) is 0 Å². The second-order valence-corrected chi connectivity index (χ2v) is 8.88. The van der Waals surface area contributed by atoms with Crippen LogP contribution in [-0.4, -0.2) is 63.8 Å². The minimum atomic E-state index is -3.69. The third-order valence-corrected chi connectivity index (χ3v) is 6.14. The second-order valence-electron chi connectivity index (χ2n) is 7.03.